The minimum atomic E-state index is -0.700. The Balaban J connectivity index is 2.61. The third-order valence-electron chi connectivity index (χ3n) is 2.14. The van der Waals surface area contributed by atoms with Gasteiger partial charge in [0, 0.05) is 5.39 Å². The van der Waals surface area contributed by atoms with Gasteiger partial charge in [0.05, 0.1) is 12.1 Å². The van der Waals surface area contributed by atoms with Crippen LogP contribution in [0.15, 0.2) is 29.1 Å². The number of carbonyl (C=O) groups excluding carboxylic acids is 1. The van der Waals surface area contributed by atoms with Crippen LogP contribution >= 0.6 is 0 Å². The summed E-state index contributed by atoms with van der Waals surface area (Å²) in [5.41, 5.74) is -0.0195. The number of fused-ring (bicyclic) bond motifs is 1. The van der Waals surface area contributed by atoms with E-state index in [1.807, 2.05) is 0 Å². The van der Waals surface area contributed by atoms with Crippen LogP contribution in [0.25, 0.3) is 10.9 Å². The van der Waals surface area contributed by atoms with E-state index >= 15 is 0 Å². The zero-order valence-electron chi connectivity index (χ0n) is 8.69. The number of hydrogen-bond donors (Lipinski definition) is 1. The average molecular weight is 218 g/mol. The van der Waals surface area contributed by atoms with E-state index in [0.717, 1.165) is 0 Å². The molecule has 0 atom stereocenters. The predicted octanol–water partition coefficient (Wildman–Crippen LogP) is 1.10. The van der Waals surface area contributed by atoms with Crippen LogP contribution in [0.4, 0.5) is 0 Å². The molecular weight excluding hydrogens is 208 g/mol. The van der Waals surface area contributed by atoms with Gasteiger partial charge in [0.1, 0.15) is 0 Å². The molecule has 0 saturated heterocycles. The first-order valence-corrected chi connectivity index (χ1v) is 4.88. The molecule has 1 N–H and O–H groups in total. The lowest BCUT2D eigenvalue weighted by molar-refractivity contribution is 0.0517. The molecular formula is C11H10N2O3. The van der Waals surface area contributed by atoms with Gasteiger partial charge in [-0.3, -0.25) is 9.89 Å². The molecule has 16 heavy (non-hydrogen) atoms. The Hall–Kier alpha value is -2.17. The average Bonchev–Trinajstić information content (AvgIpc) is 2.30. The monoisotopic (exact) mass is 218 g/mol. The summed E-state index contributed by atoms with van der Waals surface area (Å²) < 4.78 is 4.74. The maximum atomic E-state index is 11.9. The highest BCUT2D eigenvalue weighted by Crippen LogP contribution is 2.05. The van der Waals surface area contributed by atoms with Crippen LogP contribution in [0.2, 0.25) is 0 Å². The Labute approximate surface area is 91.1 Å². The predicted molar refractivity (Wildman–Crippen MR) is 58.3 cm³/mol. The van der Waals surface area contributed by atoms with Gasteiger partial charge in [-0.05, 0) is 19.1 Å². The summed E-state index contributed by atoms with van der Waals surface area (Å²) in [6.45, 7) is 1.89. The van der Waals surface area contributed by atoms with Crippen molar-refractivity contribution in [3.05, 3.63) is 40.2 Å². The second-order valence-electron chi connectivity index (χ2n) is 3.17. The minimum absolute atomic E-state index is 0.208. The molecule has 82 valence electrons. The van der Waals surface area contributed by atoms with Crippen molar-refractivity contribution in [2.75, 3.05) is 6.61 Å². The molecule has 0 bridgehead atoms. The summed E-state index contributed by atoms with van der Waals surface area (Å²) in [4.78, 5) is 23.3. The summed E-state index contributed by atoms with van der Waals surface area (Å²) in [5.74, 6) is -0.700. The highest BCUT2D eigenvalue weighted by atomic mass is 16.5. The van der Waals surface area contributed by atoms with E-state index < -0.39 is 11.4 Å². The lowest BCUT2D eigenvalue weighted by Gasteiger charge is -2.01. The van der Waals surface area contributed by atoms with Crippen molar-refractivity contribution in [2.45, 2.75) is 6.92 Å². The van der Waals surface area contributed by atoms with Gasteiger partial charge in [0.2, 0.25) is 11.1 Å². The highest BCUT2D eigenvalue weighted by molar-refractivity contribution is 5.91. The van der Waals surface area contributed by atoms with Crippen molar-refractivity contribution < 1.29 is 9.53 Å². The number of aromatic nitrogens is 2. The molecule has 0 spiro atoms. The standard InChI is InChI=1S/C11H10N2O3/c1-2-16-11(15)9-10(14)7-5-3-4-6-8(7)12-13-9/h3-6H,2H2,1H3,(H,12,14). The van der Waals surface area contributed by atoms with Gasteiger partial charge >= 0.3 is 5.97 Å². The van der Waals surface area contributed by atoms with Gasteiger partial charge in [0.25, 0.3) is 0 Å². The second kappa shape index (κ2) is 4.14. The highest BCUT2D eigenvalue weighted by Gasteiger charge is 2.15. The molecule has 0 aliphatic heterocycles. The zero-order valence-corrected chi connectivity index (χ0v) is 8.69. The number of para-hydroxylation sites is 1. The Morgan fingerprint density at radius 3 is 2.94 bits per heavy atom. The van der Waals surface area contributed by atoms with E-state index in [1.54, 1.807) is 31.2 Å². The van der Waals surface area contributed by atoms with Gasteiger partial charge in [-0.1, -0.05) is 12.1 Å². The molecule has 5 heteroatoms. The number of rotatable bonds is 2. The molecule has 2 rings (SSSR count). The summed E-state index contributed by atoms with van der Waals surface area (Å²) in [5, 5.41) is 6.79. The summed E-state index contributed by atoms with van der Waals surface area (Å²) in [6, 6.07) is 6.87. The topological polar surface area (TPSA) is 72.0 Å². The van der Waals surface area contributed by atoms with E-state index in [0.29, 0.717) is 10.9 Å². The second-order valence-corrected chi connectivity index (χ2v) is 3.17. The molecule has 0 aliphatic carbocycles. The Bertz CT molecular complexity index is 589. The smallest absolute Gasteiger partial charge is 0.362 e. The lowest BCUT2D eigenvalue weighted by atomic mass is 10.2. The van der Waals surface area contributed by atoms with Gasteiger partial charge in [-0.15, -0.1) is 0 Å². The van der Waals surface area contributed by atoms with Crippen LogP contribution < -0.4 is 5.43 Å². The molecule has 0 amide bonds. The van der Waals surface area contributed by atoms with Gasteiger partial charge in [0.15, 0.2) is 0 Å². The van der Waals surface area contributed by atoms with Crippen molar-refractivity contribution in [3.8, 4) is 0 Å². The van der Waals surface area contributed by atoms with Crippen molar-refractivity contribution in [1.29, 1.82) is 0 Å². The SMILES string of the molecule is CCOC(=O)c1n[nH]c2ccccc2c1=O. The molecule has 0 radical (unpaired) electrons. The van der Waals surface area contributed by atoms with E-state index in [-0.39, 0.29) is 12.3 Å². The number of hydrogen-bond acceptors (Lipinski definition) is 4. The van der Waals surface area contributed by atoms with Crippen LogP contribution in [-0.2, 0) is 4.74 Å². The Morgan fingerprint density at radius 1 is 1.44 bits per heavy atom. The molecule has 5 nitrogen and oxygen atoms in total. The van der Waals surface area contributed by atoms with Crippen molar-refractivity contribution in [2.24, 2.45) is 0 Å². The van der Waals surface area contributed by atoms with Gasteiger partial charge in [-0.2, -0.15) is 5.10 Å². The van der Waals surface area contributed by atoms with E-state index in [9.17, 15) is 9.59 Å². The van der Waals surface area contributed by atoms with Crippen LogP contribution in [0.1, 0.15) is 17.4 Å². The summed E-state index contributed by atoms with van der Waals surface area (Å²) in [6.07, 6.45) is 0. The quantitative estimate of drug-likeness (QED) is 0.766. The molecule has 2 aromatic rings. The van der Waals surface area contributed by atoms with Crippen molar-refractivity contribution >= 4 is 16.9 Å². The zero-order chi connectivity index (χ0) is 11.5. The van der Waals surface area contributed by atoms with Gasteiger partial charge in [-0.25, -0.2) is 4.79 Å². The number of carbonyl (C=O) groups is 1. The number of benzene rings is 1. The number of nitrogens with zero attached hydrogens (tertiary/aromatic N) is 1. The molecule has 1 aromatic carbocycles. The fourth-order valence-corrected chi connectivity index (χ4v) is 1.41. The largest absolute Gasteiger partial charge is 0.461 e. The van der Waals surface area contributed by atoms with Crippen LogP contribution in [0.5, 0.6) is 0 Å². The Kier molecular flexibility index (Phi) is 2.68. The Morgan fingerprint density at radius 2 is 2.19 bits per heavy atom. The lowest BCUT2D eigenvalue weighted by Crippen LogP contribution is -2.20. The van der Waals surface area contributed by atoms with Crippen molar-refractivity contribution in [1.82, 2.24) is 10.2 Å². The normalized spacial score (nSPS) is 10.3. The fourth-order valence-electron chi connectivity index (χ4n) is 1.41. The maximum absolute atomic E-state index is 11.9. The fraction of sp³-hybridized carbons (Fsp3) is 0.182. The molecule has 0 fully saturated rings. The van der Waals surface area contributed by atoms with Gasteiger partial charge < -0.3 is 4.74 Å². The first-order chi connectivity index (χ1) is 7.74. The van der Waals surface area contributed by atoms with Crippen LogP contribution in [0.3, 0.4) is 0 Å². The van der Waals surface area contributed by atoms with Crippen molar-refractivity contribution in [3.63, 3.8) is 0 Å². The van der Waals surface area contributed by atoms with E-state index in [2.05, 4.69) is 10.2 Å². The number of H-pyrrole nitrogens is 1. The molecule has 0 unspecified atom stereocenters. The maximum Gasteiger partial charge on any atom is 0.362 e. The molecule has 1 aromatic heterocycles. The van der Waals surface area contributed by atoms with Crippen LogP contribution in [-0.4, -0.2) is 22.8 Å². The van der Waals surface area contributed by atoms with E-state index in [4.69, 9.17) is 4.74 Å². The third-order valence-corrected chi connectivity index (χ3v) is 2.14. The first kappa shape index (κ1) is 10.4. The van der Waals surface area contributed by atoms with Crippen LogP contribution in [0, 0.1) is 0 Å². The van der Waals surface area contributed by atoms with E-state index in [1.165, 1.54) is 0 Å². The third kappa shape index (κ3) is 1.67. The molecule has 0 saturated carbocycles. The first-order valence-electron chi connectivity index (χ1n) is 4.88. The summed E-state index contributed by atoms with van der Waals surface area (Å²) >= 11 is 0. The molecule has 0 aliphatic rings. The molecule has 1 heterocycles. The number of ether oxygens (including phenoxy) is 1. The number of aromatic amines is 1. The number of esters is 1. The number of nitrogens with one attached hydrogen (secondary N) is 1. The minimum Gasteiger partial charge on any atom is -0.461 e. The summed E-state index contributed by atoms with van der Waals surface area (Å²) in [7, 11) is 0.